The van der Waals surface area contributed by atoms with E-state index in [4.69, 9.17) is 4.74 Å². The smallest absolute Gasteiger partial charge is 0.119 e. The molecule has 104 valence electrons. The number of methoxy groups -OCH3 is 1. The Balaban J connectivity index is 1.78. The number of ether oxygens (including phenoxy) is 1. The van der Waals surface area contributed by atoms with Crippen molar-refractivity contribution in [1.29, 1.82) is 0 Å². The van der Waals surface area contributed by atoms with Crippen LogP contribution in [0.25, 0.3) is 0 Å². The van der Waals surface area contributed by atoms with Gasteiger partial charge >= 0.3 is 0 Å². The van der Waals surface area contributed by atoms with Gasteiger partial charge in [0.2, 0.25) is 0 Å². The number of aliphatic hydroxyl groups excluding tert-OH is 1. The van der Waals surface area contributed by atoms with Crippen LogP contribution < -0.4 is 10.1 Å². The second-order valence-electron chi connectivity index (χ2n) is 5.61. The summed E-state index contributed by atoms with van der Waals surface area (Å²) in [6.07, 6.45) is 3.45. The van der Waals surface area contributed by atoms with Crippen molar-refractivity contribution in [3.63, 3.8) is 0 Å². The highest BCUT2D eigenvalue weighted by Crippen LogP contribution is 2.38. The molecule has 2 atom stereocenters. The summed E-state index contributed by atoms with van der Waals surface area (Å²) in [6, 6.07) is 8.42. The normalized spacial score (nSPS) is 30.3. The fourth-order valence-electron chi connectivity index (χ4n) is 3.56. The first-order valence-electron chi connectivity index (χ1n) is 7.04. The molecule has 3 rings (SSSR count). The van der Waals surface area contributed by atoms with E-state index in [1.807, 2.05) is 24.3 Å². The van der Waals surface area contributed by atoms with Crippen molar-refractivity contribution in [2.45, 2.75) is 30.8 Å². The fourth-order valence-corrected chi connectivity index (χ4v) is 3.56. The van der Waals surface area contributed by atoms with Crippen molar-refractivity contribution in [3.8, 4) is 5.75 Å². The Kier molecular flexibility index (Phi) is 3.37. The summed E-state index contributed by atoms with van der Waals surface area (Å²) in [6.45, 7) is 2.46. The van der Waals surface area contributed by atoms with Crippen molar-refractivity contribution < 1.29 is 9.84 Å². The fraction of sp³-hybridized carbons (Fsp3) is 0.600. The number of benzene rings is 1. The van der Waals surface area contributed by atoms with Gasteiger partial charge in [-0.3, -0.25) is 4.90 Å². The Morgan fingerprint density at radius 1 is 1.37 bits per heavy atom. The Labute approximate surface area is 114 Å². The second kappa shape index (κ2) is 5.02. The van der Waals surface area contributed by atoms with Crippen LogP contribution in [0.15, 0.2) is 24.3 Å². The molecule has 4 nitrogen and oxygen atoms in total. The van der Waals surface area contributed by atoms with Gasteiger partial charge in [0.15, 0.2) is 0 Å². The van der Waals surface area contributed by atoms with Crippen molar-refractivity contribution in [2.24, 2.45) is 0 Å². The molecule has 19 heavy (non-hydrogen) atoms. The van der Waals surface area contributed by atoms with Crippen LogP contribution in [0.2, 0.25) is 0 Å². The van der Waals surface area contributed by atoms with Crippen molar-refractivity contribution in [1.82, 2.24) is 4.90 Å². The second-order valence-corrected chi connectivity index (χ2v) is 5.61. The summed E-state index contributed by atoms with van der Waals surface area (Å²) in [5.41, 5.74) is 0.883. The van der Waals surface area contributed by atoms with E-state index < -0.39 is 0 Å². The summed E-state index contributed by atoms with van der Waals surface area (Å²) >= 11 is 0. The summed E-state index contributed by atoms with van der Waals surface area (Å²) in [4.78, 5) is 2.51. The molecule has 2 heterocycles. The SMILES string of the molecule is COc1ccc(NC2(CO)CCN3CCCC32)cc1. The molecule has 1 aromatic rings. The average Bonchev–Trinajstić information content (AvgIpc) is 3.04. The molecule has 2 aliphatic heterocycles. The molecule has 2 unspecified atom stereocenters. The van der Waals surface area contributed by atoms with E-state index in [1.165, 1.54) is 19.4 Å². The predicted molar refractivity (Wildman–Crippen MR) is 75.6 cm³/mol. The van der Waals surface area contributed by atoms with Gasteiger partial charge in [0.05, 0.1) is 19.3 Å². The Hall–Kier alpha value is -1.26. The van der Waals surface area contributed by atoms with E-state index in [1.54, 1.807) is 7.11 Å². The zero-order chi connectivity index (χ0) is 13.3. The monoisotopic (exact) mass is 262 g/mol. The minimum atomic E-state index is -0.176. The number of rotatable bonds is 4. The topological polar surface area (TPSA) is 44.7 Å². The number of hydrogen-bond acceptors (Lipinski definition) is 4. The van der Waals surface area contributed by atoms with Gasteiger partial charge in [-0.15, -0.1) is 0 Å². The zero-order valence-corrected chi connectivity index (χ0v) is 11.4. The number of nitrogens with zero attached hydrogens (tertiary/aromatic N) is 1. The maximum absolute atomic E-state index is 9.91. The molecule has 0 aromatic heterocycles. The molecule has 2 saturated heterocycles. The maximum atomic E-state index is 9.91. The lowest BCUT2D eigenvalue weighted by molar-refractivity contribution is 0.175. The Bertz CT molecular complexity index is 434. The van der Waals surface area contributed by atoms with Gasteiger partial charge in [0.1, 0.15) is 5.75 Å². The van der Waals surface area contributed by atoms with Crippen LogP contribution in [-0.4, -0.2) is 48.4 Å². The zero-order valence-electron chi connectivity index (χ0n) is 11.4. The third-order valence-electron chi connectivity index (χ3n) is 4.61. The number of nitrogens with one attached hydrogen (secondary N) is 1. The molecule has 2 aliphatic rings. The third kappa shape index (κ3) is 2.19. The summed E-state index contributed by atoms with van der Waals surface area (Å²) in [5, 5.41) is 13.5. The van der Waals surface area contributed by atoms with Crippen molar-refractivity contribution in [3.05, 3.63) is 24.3 Å². The van der Waals surface area contributed by atoms with Crippen LogP contribution in [0.4, 0.5) is 5.69 Å². The average molecular weight is 262 g/mol. The molecular formula is C15H22N2O2. The Morgan fingerprint density at radius 2 is 2.16 bits per heavy atom. The third-order valence-corrected chi connectivity index (χ3v) is 4.61. The van der Waals surface area contributed by atoms with Crippen LogP contribution in [0, 0.1) is 0 Å². The van der Waals surface area contributed by atoms with Gasteiger partial charge < -0.3 is 15.2 Å². The summed E-state index contributed by atoms with van der Waals surface area (Å²) < 4.78 is 5.17. The minimum Gasteiger partial charge on any atom is -0.497 e. The molecule has 0 amide bonds. The first-order valence-corrected chi connectivity index (χ1v) is 7.04. The van der Waals surface area contributed by atoms with E-state index in [9.17, 15) is 5.11 Å². The van der Waals surface area contributed by atoms with E-state index in [-0.39, 0.29) is 12.1 Å². The molecule has 0 spiro atoms. The number of fused-ring (bicyclic) bond motifs is 1. The first kappa shape index (κ1) is 12.8. The van der Waals surface area contributed by atoms with Crippen LogP contribution in [0.3, 0.4) is 0 Å². The lowest BCUT2D eigenvalue weighted by Crippen LogP contribution is -2.50. The van der Waals surface area contributed by atoms with Gasteiger partial charge in [-0.2, -0.15) is 0 Å². The highest BCUT2D eigenvalue weighted by atomic mass is 16.5. The molecule has 0 saturated carbocycles. The number of aliphatic hydroxyl groups is 1. The maximum Gasteiger partial charge on any atom is 0.119 e. The summed E-state index contributed by atoms with van der Waals surface area (Å²) in [7, 11) is 1.67. The molecule has 2 N–H and O–H groups in total. The van der Waals surface area contributed by atoms with Crippen LogP contribution in [0.1, 0.15) is 19.3 Å². The molecule has 0 bridgehead atoms. The Morgan fingerprint density at radius 3 is 2.84 bits per heavy atom. The molecule has 0 aliphatic carbocycles. The van der Waals surface area contributed by atoms with E-state index in [0.717, 1.165) is 24.4 Å². The minimum absolute atomic E-state index is 0.176. The van der Waals surface area contributed by atoms with Crippen LogP contribution in [0.5, 0.6) is 5.75 Å². The molecule has 1 aromatic carbocycles. The van der Waals surface area contributed by atoms with E-state index >= 15 is 0 Å². The van der Waals surface area contributed by atoms with Crippen molar-refractivity contribution in [2.75, 3.05) is 32.1 Å². The van der Waals surface area contributed by atoms with Crippen LogP contribution >= 0.6 is 0 Å². The van der Waals surface area contributed by atoms with Gasteiger partial charge in [0.25, 0.3) is 0 Å². The number of hydrogen-bond donors (Lipinski definition) is 2. The highest BCUT2D eigenvalue weighted by molar-refractivity contribution is 5.49. The van der Waals surface area contributed by atoms with Gasteiger partial charge in [-0.1, -0.05) is 0 Å². The molecule has 2 fully saturated rings. The molecule has 4 heteroatoms. The lowest BCUT2D eigenvalue weighted by atomic mass is 9.89. The lowest BCUT2D eigenvalue weighted by Gasteiger charge is -2.35. The number of anilines is 1. The van der Waals surface area contributed by atoms with Gasteiger partial charge in [-0.05, 0) is 50.1 Å². The standard InChI is InChI=1S/C15H22N2O2/c1-19-13-6-4-12(5-7-13)16-15(11-18)8-10-17-9-2-3-14(15)17/h4-7,14,16,18H,2-3,8-11H2,1H3. The highest BCUT2D eigenvalue weighted by Gasteiger charge is 2.48. The van der Waals surface area contributed by atoms with Gasteiger partial charge in [0, 0.05) is 18.3 Å². The largest absolute Gasteiger partial charge is 0.497 e. The van der Waals surface area contributed by atoms with Gasteiger partial charge in [-0.25, -0.2) is 0 Å². The first-order chi connectivity index (χ1) is 9.27. The molecular weight excluding hydrogens is 240 g/mol. The summed E-state index contributed by atoms with van der Waals surface area (Å²) in [5.74, 6) is 0.859. The van der Waals surface area contributed by atoms with E-state index in [0.29, 0.717) is 6.04 Å². The quantitative estimate of drug-likeness (QED) is 0.867. The van der Waals surface area contributed by atoms with E-state index in [2.05, 4.69) is 10.2 Å². The van der Waals surface area contributed by atoms with Crippen molar-refractivity contribution >= 4 is 5.69 Å². The predicted octanol–water partition coefficient (Wildman–Crippen LogP) is 1.71. The molecule has 0 radical (unpaired) electrons. The van der Waals surface area contributed by atoms with Crippen LogP contribution in [-0.2, 0) is 0 Å².